The Hall–Kier alpha value is -1.05. The lowest BCUT2D eigenvalue weighted by molar-refractivity contribution is -0.137. The zero-order valence-electron chi connectivity index (χ0n) is 16.0. The summed E-state index contributed by atoms with van der Waals surface area (Å²) in [4.78, 5) is 10.9. The van der Waals surface area contributed by atoms with Gasteiger partial charge >= 0.3 is 5.97 Å². The molecule has 6 atom stereocenters. The van der Waals surface area contributed by atoms with Gasteiger partial charge in [0.25, 0.3) is 0 Å². The minimum atomic E-state index is -0.632. The number of rotatable bonds is 4. The van der Waals surface area contributed by atoms with Gasteiger partial charge in [-0.1, -0.05) is 37.6 Å². The largest absolute Gasteiger partial charge is 0.481 e. The highest BCUT2D eigenvalue weighted by Gasteiger charge is 2.57. The van der Waals surface area contributed by atoms with Gasteiger partial charge in [0.15, 0.2) is 0 Å². The molecule has 0 aromatic rings. The lowest BCUT2D eigenvalue weighted by Gasteiger charge is -2.57. The van der Waals surface area contributed by atoms with Crippen LogP contribution in [-0.4, -0.2) is 11.1 Å². The monoisotopic (exact) mass is 342 g/mol. The highest BCUT2D eigenvalue weighted by atomic mass is 16.4. The number of aliphatic carboxylic acids is 1. The van der Waals surface area contributed by atoms with Crippen molar-refractivity contribution in [2.45, 2.75) is 78.1 Å². The highest BCUT2D eigenvalue weighted by Crippen LogP contribution is 2.66. The Morgan fingerprint density at radius 2 is 2.04 bits per heavy atom. The van der Waals surface area contributed by atoms with Crippen molar-refractivity contribution in [3.63, 3.8) is 0 Å². The fourth-order valence-corrected chi connectivity index (χ4v) is 7.42. The van der Waals surface area contributed by atoms with Crippen LogP contribution in [0.3, 0.4) is 0 Å². The number of fused-ring (bicyclic) bond motifs is 5. The minimum absolute atomic E-state index is 0.323. The van der Waals surface area contributed by atoms with Crippen LogP contribution in [-0.2, 0) is 4.79 Å². The van der Waals surface area contributed by atoms with E-state index in [1.54, 1.807) is 5.57 Å². The van der Waals surface area contributed by atoms with E-state index in [0.29, 0.717) is 17.3 Å². The average Bonchev–Trinajstić information content (AvgIpc) is 2.91. The highest BCUT2D eigenvalue weighted by molar-refractivity contribution is 5.66. The number of carboxylic acids is 1. The Bertz CT molecular complexity index is 603. The maximum atomic E-state index is 10.9. The zero-order chi connectivity index (χ0) is 17.7. The van der Waals surface area contributed by atoms with Gasteiger partial charge in [0, 0.05) is 11.8 Å². The second-order valence-corrected chi connectivity index (χ2v) is 9.67. The summed E-state index contributed by atoms with van der Waals surface area (Å²) in [7, 11) is 0. The summed E-state index contributed by atoms with van der Waals surface area (Å²) < 4.78 is 0. The third kappa shape index (κ3) is 2.71. The summed E-state index contributed by atoms with van der Waals surface area (Å²) in [6.45, 7) is 5.06. The van der Waals surface area contributed by atoms with Crippen LogP contribution in [0.2, 0.25) is 0 Å². The minimum Gasteiger partial charge on any atom is -0.481 e. The van der Waals surface area contributed by atoms with Gasteiger partial charge in [-0.25, -0.2) is 0 Å². The van der Waals surface area contributed by atoms with Crippen molar-refractivity contribution in [2.75, 3.05) is 0 Å². The molecule has 1 N–H and O–H groups in total. The molecule has 0 heterocycles. The van der Waals surface area contributed by atoms with Crippen LogP contribution in [0.15, 0.2) is 23.8 Å². The van der Waals surface area contributed by atoms with Gasteiger partial charge in [-0.2, -0.15) is 0 Å². The van der Waals surface area contributed by atoms with Gasteiger partial charge in [-0.15, -0.1) is 0 Å². The van der Waals surface area contributed by atoms with E-state index in [1.807, 2.05) is 0 Å². The van der Waals surface area contributed by atoms with Crippen LogP contribution < -0.4 is 0 Å². The second-order valence-electron chi connectivity index (χ2n) is 9.67. The van der Waals surface area contributed by atoms with E-state index in [-0.39, 0.29) is 0 Å². The smallest absolute Gasteiger partial charge is 0.303 e. The van der Waals surface area contributed by atoms with Crippen molar-refractivity contribution in [1.82, 2.24) is 0 Å². The maximum absolute atomic E-state index is 10.9. The van der Waals surface area contributed by atoms with Crippen LogP contribution >= 0.6 is 0 Å². The first-order chi connectivity index (χ1) is 11.9. The topological polar surface area (TPSA) is 37.3 Å². The fraction of sp³-hybridized carbons (Fsp3) is 0.783. The quantitative estimate of drug-likeness (QED) is 0.637. The third-order valence-corrected chi connectivity index (χ3v) is 8.75. The Morgan fingerprint density at radius 1 is 1.20 bits per heavy atom. The molecule has 4 rings (SSSR count). The van der Waals surface area contributed by atoms with Crippen molar-refractivity contribution in [2.24, 2.45) is 34.5 Å². The van der Waals surface area contributed by atoms with E-state index in [9.17, 15) is 4.79 Å². The first-order valence-corrected chi connectivity index (χ1v) is 10.5. The number of carbonyl (C=O) groups is 1. The van der Waals surface area contributed by atoms with Crippen molar-refractivity contribution >= 4 is 5.97 Å². The zero-order valence-corrected chi connectivity index (χ0v) is 16.0. The van der Waals surface area contributed by atoms with Crippen molar-refractivity contribution in [3.05, 3.63) is 23.8 Å². The van der Waals surface area contributed by atoms with Crippen molar-refractivity contribution in [3.8, 4) is 0 Å². The van der Waals surface area contributed by atoms with Gasteiger partial charge < -0.3 is 5.11 Å². The van der Waals surface area contributed by atoms with E-state index >= 15 is 0 Å². The molecule has 0 radical (unpaired) electrons. The fourth-order valence-electron chi connectivity index (χ4n) is 7.42. The van der Waals surface area contributed by atoms with E-state index in [2.05, 4.69) is 32.1 Å². The van der Waals surface area contributed by atoms with E-state index in [1.165, 1.54) is 38.5 Å². The summed E-state index contributed by atoms with van der Waals surface area (Å²) in [6.07, 6.45) is 19.0. The molecular weight excluding hydrogens is 308 g/mol. The van der Waals surface area contributed by atoms with Gasteiger partial charge in [0.2, 0.25) is 0 Å². The predicted molar refractivity (Wildman–Crippen MR) is 101 cm³/mol. The molecule has 25 heavy (non-hydrogen) atoms. The summed E-state index contributed by atoms with van der Waals surface area (Å²) in [6, 6.07) is 0. The number of carboxylic acid groups (broad SMARTS) is 1. The SMILES string of the molecule is C[C@]12CC[C@H]3[C@@H](CCC4=CCC=C[C@@]43C)[C@@H]1CC[C@@H]2CCCC(=O)O. The molecule has 3 fully saturated rings. The van der Waals surface area contributed by atoms with Gasteiger partial charge in [-0.3, -0.25) is 4.79 Å². The molecule has 0 aromatic heterocycles. The lowest BCUT2D eigenvalue weighted by Crippen LogP contribution is -2.49. The first-order valence-electron chi connectivity index (χ1n) is 10.5. The van der Waals surface area contributed by atoms with Gasteiger partial charge in [-0.05, 0) is 86.9 Å². The molecule has 0 amide bonds. The standard InChI is InChI=1S/C23H34O2/c1-22-14-4-3-6-16(22)9-11-18-19-12-10-17(7-5-8-21(24)25)23(19,2)15-13-20(18)22/h4,6,14,17-20H,3,5,7-13,15H2,1-2H3,(H,24,25)/t17-,18-,19-,20-,22-,23+/m0/s1. The van der Waals surface area contributed by atoms with Gasteiger partial charge in [0.1, 0.15) is 0 Å². The van der Waals surface area contributed by atoms with Crippen LogP contribution in [0, 0.1) is 34.5 Å². The van der Waals surface area contributed by atoms with Gasteiger partial charge in [0.05, 0.1) is 0 Å². The Morgan fingerprint density at radius 3 is 2.84 bits per heavy atom. The van der Waals surface area contributed by atoms with Crippen LogP contribution in [0.1, 0.15) is 78.1 Å². The summed E-state index contributed by atoms with van der Waals surface area (Å²) in [5.74, 6) is 2.71. The second kappa shape index (κ2) is 6.28. The van der Waals surface area contributed by atoms with Crippen LogP contribution in [0.25, 0.3) is 0 Å². The third-order valence-electron chi connectivity index (χ3n) is 8.75. The van der Waals surface area contributed by atoms with Crippen molar-refractivity contribution in [1.29, 1.82) is 0 Å². The molecule has 0 bridgehead atoms. The lowest BCUT2D eigenvalue weighted by atomic mass is 9.47. The van der Waals surface area contributed by atoms with Crippen LogP contribution in [0.4, 0.5) is 0 Å². The Labute approximate surface area is 152 Å². The Balaban J connectivity index is 1.52. The normalized spacial score (nSPS) is 45.3. The molecule has 138 valence electrons. The average molecular weight is 343 g/mol. The molecule has 4 aliphatic rings. The molecule has 4 aliphatic carbocycles. The molecule has 0 unspecified atom stereocenters. The van der Waals surface area contributed by atoms with E-state index in [0.717, 1.165) is 42.9 Å². The number of hydrogen-bond donors (Lipinski definition) is 1. The van der Waals surface area contributed by atoms with Crippen LogP contribution in [0.5, 0.6) is 0 Å². The van der Waals surface area contributed by atoms with Crippen molar-refractivity contribution < 1.29 is 9.90 Å². The molecular formula is C23H34O2. The number of hydrogen-bond acceptors (Lipinski definition) is 1. The Kier molecular flexibility index (Phi) is 4.37. The number of allylic oxidation sites excluding steroid dienone is 4. The molecule has 0 spiro atoms. The molecule has 3 saturated carbocycles. The predicted octanol–water partition coefficient (Wildman–Crippen LogP) is 5.99. The molecule has 0 aromatic carbocycles. The van der Waals surface area contributed by atoms with E-state index < -0.39 is 5.97 Å². The molecule has 0 aliphatic heterocycles. The summed E-state index contributed by atoms with van der Waals surface area (Å²) >= 11 is 0. The maximum Gasteiger partial charge on any atom is 0.303 e. The summed E-state index contributed by atoms with van der Waals surface area (Å²) in [5.41, 5.74) is 2.51. The summed E-state index contributed by atoms with van der Waals surface area (Å²) in [5, 5.41) is 8.97. The molecule has 0 saturated heterocycles. The molecule has 2 heteroatoms. The molecule has 2 nitrogen and oxygen atoms in total. The van der Waals surface area contributed by atoms with E-state index in [4.69, 9.17) is 5.11 Å². The first kappa shape index (κ1) is 17.4.